The number of hydrogen-bond donors (Lipinski definition) is 1. The number of hydrogen-bond acceptors (Lipinski definition) is 4. The van der Waals surface area contributed by atoms with Gasteiger partial charge in [-0.25, -0.2) is 8.42 Å². The van der Waals surface area contributed by atoms with Crippen molar-refractivity contribution in [3.63, 3.8) is 0 Å². The van der Waals surface area contributed by atoms with E-state index in [1.165, 1.54) is 10.6 Å². The van der Waals surface area contributed by atoms with E-state index in [0.29, 0.717) is 23.6 Å². The molecule has 0 aromatic heterocycles. The monoisotopic (exact) mass is 611 g/mol. The lowest BCUT2D eigenvalue weighted by Crippen LogP contribution is -2.52. The van der Waals surface area contributed by atoms with Gasteiger partial charge >= 0.3 is 0 Å². The molecule has 0 aliphatic heterocycles. The fourth-order valence-electron chi connectivity index (χ4n) is 4.73. The quantitative estimate of drug-likeness (QED) is 0.228. The van der Waals surface area contributed by atoms with E-state index in [9.17, 15) is 18.0 Å². The van der Waals surface area contributed by atoms with E-state index in [1.54, 1.807) is 29.2 Å². The lowest BCUT2D eigenvalue weighted by molar-refractivity contribution is -0.141. The van der Waals surface area contributed by atoms with E-state index in [-0.39, 0.29) is 37.4 Å². The molecule has 1 N–H and O–H groups in total. The molecule has 3 aromatic rings. The number of carbonyl (C=O) groups is 2. The van der Waals surface area contributed by atoms with Gasteiger partial charge in [0.05, 0.1) is 11.9 Å². The number of sulfonamides is 1. The molecule has 0 aliphatic carbocycles. The fourth-order valence-corrected chi connectivity index (χ4v) is 5.91. The molecule has 3 aromatic carbocycles. The summed E-state index contributed by atoms with van der Waals surface area (Å²) in [4.78, 5) is 29.2. The Bertz CT molecular complexity index is 1410. The number of anilines is 1. The Kier molecular flexibility index (Phi) is 12.4. The summed E-state index contributed by atoms with van der Waals surface area (Å²) in [5.41, 5.74) is 3.41. The SMILES string of the molecule is CCc1ccc(N(CCCC(=O)N(Cc2cccc(Cl)c2)[C@@H](Cc2ccccc2)C(=O)N[C@H](C)CC)S(C)(=O)=O)cc1. The van der Waals surface area contributed by atoms with Crippen LogP contribution >= 0.6 is 11.6 Å². The molecule has 9 heteroatoms. The first-order chi connectivity index (χ1) is 20.0. The van der Waals surface area contributed by atoms with E-state index in [2.05, 4.69) is 5.32 Å². The average Bonchev–Trinajstić information content (AvgIpc) is 2.97. The Hall–Kier alpha value is -3.36. The second-order valence-electron chi connectivity index (χ2n) is 10.6. The van der Waals surface area contributed by atoms with Crippen molar-refractivity contribution < 1.29 is 18.0 Å². The fraction of sp³-hybridized carbons (Fsp3) is 0.394. The summed E-state index contributed by atoms with van der Waals surface area (Å²) in [5, 5.41) is 3.60. The minimum Gasteiger partial charge on any atom is -0.352 e. The molecule has 0 aliphatic rings. The Labute approximate surface area is 255 Å². The van der Waals surface area contributed by atoms with Crippen molar-refractivity contribution in [1.82, 2.24) is 10.2 Å². The highest BCUT2D eigenvalue weighted by Crippen LogP contribution is 2.22. The van der Waals surface area contributed by atoms with Crippen LogP contribution in [0.1, 0.15) is 56.7 Å². The van der Waals surface area contributed by atoms with Crippen molar-refractivity contribution in [2.75, 3.05) is 17.1 Å². The van der Waals surface area contributed by atoms with Crippen LogP contribution in [0.3, 0.4) is 0 Å². The van der Waals surface area contributed by atoms with Crippen LogP contribution < -0.4 is 9.62 Å². The first-order valence-corrected chi connectivity index (χ1v) is 16.7. The van der Waals surface area contributed by atoms with Gasteiger partial charge in [0, 0.05) is 37.0 Å². The van der Waals surface area contributed by atoms with Gasteiger partial charge in [-0.05, 0) is 67.1 Å². The highest BCUT2D eigenvalue weighted by atomic mass is 35.5. The predicted molar refractivity (Wildman–Crippen MR) is 171 cm³/mol. The first-order valence-electron chi connectivity index (χ1n) is 14.5. The molecule has 0 heterocycles. The summed E-state index contributed by atoms with van der Waals surface area (Å²) in [5.74, 6) is -0.456. The molecule has 0 spiro atoms. The van der Waals surface area contributed by atoms with Crippen LogP contribution in [0.25, 0.3) is 0 Å². The number of aryl methyl sites for hydroxylation is 1. The molecular formula is C33H42ClN3O4S. The van der Waals surface area contributed by atoms with E-state index < -0.39 is 16.1 Å². The largest absolute Gasteiger partial charge is 0.352 e. The molecule has 0 unspecified atom stereocenters. The predicted octanol–water partition coefficient (Wildman–Crippen LogP) is 6.00. The number of amides is 2. The summed E-state index contributed by atoms with van der Waals surface area (Å²) < 4.78 is 26.7. The number of nitrogens with one attached hydrogen (secondary N) is 1. The molecule has 2 atom stereocenters. The van der Waals surface area contributed by atoms with Gasteiger partial charge in [0.1, 0.15) is 6.04 Å². The van der Waals surface area contributed by atoms with Gasteiger partial charge in [0.2, 0.25) is 21.8 Å². The topological polar surface area (TPSA) is 86.8 Å². The second kappa shape index (κ2) is 15.8. The van der Waals surface area contributed by atoms with Gasteiger partial charge in [-0.15, -0.1) is 0 Å². The van der Waals surface area contributed by atoms with Gasteiger partial charge in [-0.3, -0.25) is 13.9 Å². The molecular weight excluding hydrogens is 570 g/mol. The van der Waals surface area contributed by atoms with Crippen LogP contribution in [0.4, 0.5) is 5.69 Å². The Balaban J connectivity index is 1.88. The third kappa shape index (κ3) is 9.88. The van der Waals surface area contributed by atoms with Gasteiger partial charge in [0.25, 0.3) is 0 Å². The number of carbonyl (C=O) groups excluding carboxylic acids is 2. The van der Waals surface area contributed by atoms with Gasteiger partial charge in [-0.1, -0.05) is 80.0 Å². The number of benzene rings is 3. The van der Waals surface area contributed by atoms with Crippen LogP contribution in [0.5, 0.6) is 0 Å². The summed E-state index contributed by atoms with van der Waals surface area (Å²) in [6, 6.07) is 23.5. The van der Waals surface area contributed by atoms with E-state index in [0.717, 1.165) is 29.5 Å². The molecule has 0 saturated heterocycles. The summed E-state index contributed by atoms with van der Waals surface area (Å²) in [7, 11) is -3.57. The van der Waals surface area contributed by atoms with Crippen molar-refractivity contribution in [3.05, 3.63) is 101 Å². The van der Waals surface area contributed by atoms with Crippen LogP contribution in [0.15, 0.2) is 78.9 Å². The van der Waals surface area contributed by atoms with Crippen molar-refractivity contribution in [1.29, 1.82) is 0 Å². The molecule has 2 amide bonds. The zero-order valence-electron chi connectivity index (χ0n) is 24.9. The average molecular weight is 612 g/mol. The molecule has 3 rings (SSSR count). The van der Waals surface area contributed by atoms with Crippen LogP contribution in [0, 0.1) is 0 Å². The first kappa shape index (κ1) is 33.1. The minimum absolute atomic E-state index is 0.0543. The lowest BCUT2D eigenvalue weighted by Gasteiger charge is -2.32. The summed E-state index contributed by atoms with van der Waals surface area (Å²) >= 11 is 6.26. The third-order valence-electron chi connectivity index (χ3n) is 7.30. The van der Waals surface area contributed by atoms with Crippen molar-refractivity contribution in [2.24, 2.45) is 0 Å². The van der Waals surface area contributed by atoms with Crippen LogP contribution in [-0.4, -0.2) is 50.0 Å². The molecule has 0 fully saturated rings. The smallest absolute Gasteiger partial charge is 0.243 e. The highest BCUT2D eigenvalue weighted by Gasteiger charge is 2.31. The van der Waals surface area contributed by atoms with E-state index >= 15 is 0 Å². The maximum atomic E-state index is 13.9. The minimum atomic E-state index is -3.57. The zero-order valence-corrected chi connectivity index (χ0v) is 26.5. The zero-order chi connectivity index (χ0) is 30.7. The standard InChI is InChI=1S/C33H42ClN3O4S/c1-5-25(3)35-33(39)31(23-27-12-8-7-9-13-27)36(24-28-14-10-15-29(34)22-28)32(38)16-11-21-37(42(4,40)41)30-19-17-26(6-2)18-20-30/h7-10,12-15,17-20,22,25,31H,5-6,11,16,21,23-24H2,1-4H3,(H,35,39)/t25-,31+/m1/s1. The lowest BCUT2D eigenvalue weighted by atomic mass is 10.0. The number of halogens is 1. The maximum absolute atomic E-state index is 13.9. The van der Waals surface area contributed by atoms with Crippen LogP contribution in [0.2, 0.25) is 5.02 Å². The molecule has 226 valence electrons. The maximum Gasteiger partial charge on any atom is 0.243 e. The molecule has 0 bridgehead atoms. The van der Waals surface area contributed by atoms with Gasteiger partial charge in [-0.2, -0.15) is 0 Å². The van der Waals surface area contributed by atoms with Crippen molar-refractivity contribution in [3.8, 4) is 0 Å². The number of rotatable bonds is 15. The normalized spacial score (nSPS) is 12.8. The Morgan fingerprint density at radius 2 is 1.57 bits per heavy atom. The summed E-state index contributed by atoms with van der Waals surface area (Å²) in [6.45, 7) is 6.31. The third-order valence-corrected chi connectivity index (χ3v) is 8.73. The highest BCUT2D eigenvalue weighted by molar-refractivity contribution is 7.92. The van der Waals surface area contributed by atoms with Gasteiger partial charge < -0.3 is 10.2 Å². The van der Waals surface area contributed by atoms with Crippen molar-refractivity contribution >= 4 is 39.1 Å². The van der Waals surface area contributed by atoms with Crippen molar-refractivity contribution in [2.45, 2.75) is 71.5 Å². The van der Waals surface area contributed by atoms with Crippen LogP contribution in [-0.2, 0) is 39.0 Å². The number of nitrogens with zero attached hydrogens (tertiary/aromatic N) is 2. The molecule has 7 nitrogen and oxygen atoms in total. The van der Waals surface area contributed by atoms with Gasteiger partial charge in [0.15, 0.2) is 0 Å². The Morgan fingerprint density at radius 3 is 2.17 bits per heavy atom. The Morgan fingerprint density at radius 1 is 0.905 bits per heavy atom. The second-order valence-corrected chi connectivity index (χ2v) is 13.0. The molecule has 0 radical (unpaired) electrons. The molecule has 0 saturated carbocycles. The van der Waals surface area contributed by atoms with E-state index in [4.69, 9.17) is 11.6 Å². The molecule has 42 heavy (non-hydrogen) atoms. The van der Waals surface area contributed by atoms with E-state index in [1.807, 2.05) is 75.4 Å². The summed E-state index contributed by atoms with van der Waals surface area (Å²) in [6.07, 6.45) is 3.48.